The van der Waals surface area contributed by atoms with Crippen molar-refractivity contribution in [1.29, 1.82) is 0 Å². The number of benzene rings is 2. The molecule has 6 nitrogen and oxygen atoms in total. The van der Waals surface area contributed by atoms with Crippen molar-refractivity contribution >= 4 is 27.0 Å². The van der Waals surface area contributed by atoms with E-state index in [1.807, 2.05) is 0 Å². The summed E-state index contributed by atoms with van der Waals surface area (Å²) < 4.78 is 59.7. The van der Waals surface area contributed by atoms with Gasteiger partial charge in [0.25, 0.3) is 15.9 Å². The summed E-state index contributed by atoms with van der Waals surface area (Å²) in [7, 11) is -2.67. The number of nitrogens with zero attached hydrogens (tertiary/aromatic N) is 3. The summed E-state index contributed by atoms with van der Waals surface area (Å²) >= 11 is 1.12. The topological polar surface area (TPSA) is 76.3 Å². The summed E-state index contributed by atoms with van der Waals surface area (Å²) in [6, 6.07) is 11.2. The van der Waals surface area contributed by atoms with E-state index in [-0.39, 0.29) is 27.2 Å². The molecule has 2 aromatic heterocycles. The zero-order valence-corrected chi connectivity index (χ0v) is 17.5. The molecule has 0 amide bonds. The molecular weight excluding hydrogens is 432 g/mol. The van der Waals surface area contributed by atoms with Gasteiger partial charge in [-0.2, -0.15) is 4.98 Å². The van der Waals surface area contributed by atoms with Crippen molar-refractivity contribution in [1.82, 2.24) is 10.1 Å². The molecular formula is C20H15F2N3O3S2. The highest BCUT2D eigenvalue weighted by Crippen LogP contribution is 2.35. The van der Waals surface area contributed by atoms with Crippen LogP contribution in [0.2, 0.25) is 0 Å². The van der Waals surface area contributed by atoms with Crippen molar-refractivity contribution in [2.24, 2.45) is 0 Å². The molecule has 0 atom stereocenters. The molecule has 0 aliphatic heterocycles. The first-order valence-electron chi connectivity index (χ1n) is 8.70. The van der Waals surface area contributed by atoms with Crippen molar-refractivity contribution in [3.63, 3.8) is 0 Å². The lowest BCUT2D eigenvalue weighted by Crippen LogP contribution is -2.26. The van der Waals surface area contributed by atoms with Crippen LogP contribution in [0.5, 0.6) is 0 Å². The predicted octanol–water partition coefficient (Wildman–Crippen LogP) is 4.88. The third-order valence-electron chi connectivity index (χ3n) is 4.51. The van der Waals surface area contributed by atoms with Crippen molar-refractivity contribution in [2.75, 3.05) is 11.4 Å². The van der Waals surface area contributed by atoms with Crippen molar-refractivity contribution in [2.45, 2.75) is 11.8 Å². The first kappa shape index (κ1) is 20.2. The lowest BCUT2D eigenvalue weighted by atomic mass is 10.2. The standard InChI is InChI=1S/C20H15F2N3O3S2/c1-12-3-8-15(11-16(12)22)25(2)30(26,27)17-9-10-29-18(17)20-23-19(24-28-20)13-4-6-14(21)7-5-13/h3-11H,1-2H3. The summed E-state index contributed by atoms with van der Waals surface area (Å²) in [6.45, 7) is 1.60. The van der Waals surface area contributed by atoms with Crippen LogP contribution in [0, 0.1) is 18.6 Å². The minimum Gasteiger partial charge on any atom is -0.333 e. The zero-order chi connectivity index (χ0) is 21.5. The molecule has 0 fully saturated rings. The number of sulfonamides is 1. The van der Waals surface area contributed by atoms with Crippen molar-refractivity contribution in [3.05, 3.63) is 71.1 Å². The number of anilines is 1. The zero-order valence-electron chi connectivity index (χ0n) is 15.8. The summed E-state index contributed by atoms with van der Waals surface area (Å²) in [5.74, 6) is -0.673. The monoisotopic (exact) mass is 447 g/mol. The Kier molecular flexibility index (Phi) is 5.12. The molecule has 4 aromatic rings. The lowest BCUT2D eigenvalue weighted by Gasteiger charge is -2.19. The minimum absolute atomic E-state index is 0.0198. The van der Waals surface area contributed by atoms with E-state index in [1.54, 1.807) is 12.3 Å². The number of aromatic nitrogens is 2. The van der Waals surface area contributed by atoms with Gasteiger partial charge in [0.05, 0.1) is 5.69 Å². The van der Waals surface area contributed by atoms with Gasteiger partial charge >= 0.3 is 0 Å². The molecule has 30 heavy (non-hydrogen) atoms. The van der Waals surface area contributed by atoms with E-state index < -0.39 is 21.7 Å². The highest BCUT2D eigenvalue weighted by molar-refractivity contribution is 7.93. The molecule has 0 radical (unpaired) electrons. The van der Waals surface area contributed by atoms with Crippen LogP contribution in [0.1, 0.15) is 5.56 Å². The SMILES string of the molecule is Cc1ccc(N(C)S(=O)(=O)c2ccsc2-c2nc(-c3ccc(F)cc3)no2)cc1F. The third-order valence-corrected chi connectivity index (χ3v) is 7.37. The van der Waals surface area contributed by atoms with Crippen LogP contribution >= 0.6 is 11.3 Å². The van der Waals surface area contributed by atoms with E-state index >= 15 is 0 Å². The first-order valence-corrected chi connectivity index (χ1v) is 11.0. The smallest absolute Gasteiger partial charge is 0.269 e. The summed E-state index contributed by atoms with van der Waals surface area (Å²) in [4.78, 5) is 4.47. The van der Waals surface area contributed by atoms with E-state index in [0.29, 0.717) is 11.1 Å². The Morgan fingerprint density at radius 1 is 1.07 bits per heavy atom. The van der Waals surface area contributed by atoms with Gasteiger partial charge in [0.15, 0.2) is 0 Å². The molecule has 0 aliphatic carbocycles. The molecule has 0 unspecified atom stereocenters. The van der Waals surface area contributed by atoms with Crippen LogP contribution in [-0.4, -0.2) is 25.6 Å². The average Bonchev–Trinajstić information content (AvgIpc) is 3.39. The van der Waals surface area contributed by atoms with Crippen LogP contribution in [0.25, 0.3) is 22.2 Å². The van der Waals surface area contributed by atoms with Gasteiger partial charge in [-0.1, -0.05) is 11.2 Å². The van der Waals surface area contributed by atoms with Crippen LogP contribution in [-0.2, 0) is 10.0 Å². The van der Waals surface area contributed by atoms with Gasteiger partial charge in [0.2, 0.25) is 5.82 Å². The Labute approximate surface area is 175 Å². The van der Waals surface area contributed by atoms with Gasteiger partial charge in [-0.15, -0.1) is 11.3 Å². The molecule has 0 bridgehead atoms. The maximum Gasteiger partial charge on any atom is 0.269 e. The molecule has 4 rings (SSSR count). The molecule has 0 saturated heterocycles. The highest BCUT2D eigenvalue weighted by atomic mass is 32.2. The highest BCUT2D eigenvalue weighted by Gasteiger charge is 2.29. The van der Waals surface area contributed by atoms with Gasteiger partial charge in [0.1, 0.15) is 21.4 Å². The maximum atomic E-state index is 13.9. The fraction of sp³-hybridized carbons (Fsp3) is 0.100. The van der Waals surface area contributed by atoms with Crippen LogP contribution in [0.3, 0.4) is 0 Å². The summed E-state index contributed by atoms with van der Waals surface area (Å²) in [5.41, 5.74) is 1.13. The van der Waals surface area contributed by atoms with Crippen LogP contribution < -0.4 is 4.31 Å². The molecule has 0 N–H and O–H groups in total. The summed E-state index contributed by atoms with van der Waals surface area (Å²) in [6.07, 6.45) is 0. The normalized spacial score (nSPS) is 11.6. The van der Waals surface area contributed by atoms with Crippen LogP contribution in [0.4, 0.5) is 14.5 Å². The van der Waals surface area contributed by atoms with Crippen molar-refractivity contribution < 1.29 is 21.7 Å². The fourth-order valence-corrected chi connectivity index (χ4v) is 5.25. The third kappa shape index (κ3) is 3.59. The van der Waals surface area contributed by atoms with E-state index in [2.05, 4.69) is 10.1 Å². The van der Waals surface area contributed by atoms with E-state index in [1.165, 1.54) is 49.5 Å². The van der Waals surface area contributed by atoms with E-state index in [0.717, 1.165) is 21.7 Å². The second-order valence-corrected chi connectivity index (χ2v) is 9.30. The predicted molar refractivity (Wildman–Crippen MR) is 110 cm³/mol. The number of aryl methyl sites for hydroxylation is 1. The number of rotatable bonds is 5. The second-order valence-electron chi connectivity index (χ2n) is 6.45. The average molecular weight is 447 g/mol. The number of hydrogen-bond acceptors (Lipinski definition) is 6. The number of halogens is 2. The molecule has 2 heterocycles. The van der Waals surface area contributed by atoms with E-state index in [4.69, 9.17) is 4.52 Å². The molecule has 10 heteroatoms. The van der Waals surface area contributed by atoms with Gasteiger partial charge in [0, 0.05) is 12.6 Å². The Bertz CT molecular complexity index is 1320. The Morgan fingerprint density at radius 2 is 1.80 bits per heavy atom. The van der Waals surface area contributed by atoms with Gasteiger partial charge in [-0.3, -0.25) is 4.31 Å². The largest absolute Gasteiger partial charge is 0.333 e. The second kappa shape index (κ2) is 7.62. The molecule has 0 spiro atoms. The summed E-state index contributed by atoms with van der Waals surface area (Å²) in [5, 5.41) is 5.45. The Morgan fingerprint density at radius 3 is 2.50 bits per heavy atom. The molecule has 154 valence electrons. The quantitative estimate of drug-likeness (QED) is 0.436. The number of thiophene rings is 1. The van der Waals surface area contributed by atoms with Crippen molar-refractivity contribution in [3.8, 4) is 22.2 Å². The van der Waals surface area contributed by atoms with Gasteiger partial charge in [-0.05, 0) is 60.3 Å². The molecule has 0 aliphatic rings. The lowest BCUT2D eigenvalue weighted by molar-refractivity contribution is 0.432. The Balaban J connectivity index is 1.70. The molecule has 0 saturated carbocycles. The first-order chi connectivity index (χ1) is 14.3. The Hall–Kier alpha value is -3.11. The minimum atomic E-state index is -4.02. The van der Waals surface area contributed by atoms with Crippen LogP contribution in [0.15, 0.2) is 63.3 Å². The van der Waals surface area contributed by atoms with Gasteiger partial charge < -0.3 is 4.52 Å². The maximum absolute atomic E-state index is 13.9. The molecule has 2 aromatic carbocycles. The van der Waals surface area contributed by atoms with Gasteiger partial charge in [-0.25, -0.2) is 17.2 Å². The van der Waals surface area contributed by atoms with E-state index in [9.17, 15) is 17.2 Å². The fourth-order valence-electron chi connectivity index (χ4n) is 2.75. The number of hydrogen-bond donors (Lipinski definition) is 0.